The summed E-state index contributed by atoms with van der Waals surface area (Å²) in [6.45, 7) is 5.41. The first kappa shape index (κ1) is 10.7. The quantitative estimate of drug-likeness (QED) is 0.653. The van der Waals surface area contributed by atoms with Crippen LogP contribution in [0.25, 0.3) is 0 Å². The Balaban J connectivity index is 2.63. The topological polar surface area (TPSA) is 3.24 Å². The molecule has 13 heavy (non-hydrogen) atoms. The average Bonchev–Trinajstić information content (AvgIpc) is 2.47. The van der Waals surface area contributed by atoms with Gasteiger partial charge in [-0.15, -0.1) is 0 Å². The number of hydrogen-bond acceptors (Lipinski definition) is 1. The molecule has 0 aromatic heterocycles. The summed E-state index contributed by atoms with van der Waals surface area (Å²) in [7, 11) is 2.09. The van der Waals surface area contributed by atoms with E-state index in [9.17, 15) is 4.39 Å². The molecule has 1 aliphatic rings. The molecule has 0 aliphatic carbocycles. The van der Waals surface area contributed by atoms with Crippen molar-refractivity contribution in [2.45, 2.75) is 39.2 Å². The summed E-state index contributed by atoms with van der Waals surface area (Å²) in [6.07, 6.45) is 4.10. The summed E-state index contributed by atoms with van der Waals surface area (Å²) in [6, 6.07) is 0.352. The number of likely N-dealkylation sites (N-methyl/N-ethyl adjacent to an activating group) is 1. The lowest BCUT2D eigenvalue weighted by Crippen LogP contribution is -2.32. The Labute approximate surface area is 80.6 Å². The highest BCUT2D eigenvalue weighted by Crippen LogP contribution is 2.30. The molecule has 1 aliphatic heterocycles. The zero-order valence-electron chi connectivity index (χ0n) is 8.89. The Morgan fingerprint density at radius 2 is 2.38 bits per heavy atom. The lowest BCUT2D eigenvalue weighted by Gasteiger charge is -2.26. The van der Waals surface area contributed by atoms with E-state index < -0.39 is 0 Å². The number of hydrogen-bond donors (Lipinski definition) is 0. The van der Waals surface area contributed by atoms with Crippen molar-refractivity contribution in [3.8, 4) is 0 Å². The van der Waals surface area contributed by atoms with Gasteiger partial charge in [0.2, 0.25) is 0 Å². The van der Waals surface area contributed by atoms with E-state index in [2.05, 4.69) is 25.8 Å². The summed E-state index contributed by atoms with van der Waals surface area (Å²) in [5, 5.41) is 0. The Kier molecular flexibility index (Phi) is 3.91. The normalized spacial score (nSPS) is 29.8. The maximum atomic E-state index is 12.5. The predicted octanol–water partition coefficient (Wildman–Crippen LogP) is 2.98. The smallest absolute Gasteiger partial charge is 0.0875 e. The van der Waals surface area contributed by atoms with Gasteiger partial charge in [0, 0.05) is 12.6 Å². The molecule has 0 aromatic rings. The summed E-state index contributed by atoms with van der Waals surface area (Å²) in [5.74, 6) is 0.583. The summed E-state index contributed by atoms with van der Waals surface area (Å²) in [5.41, 5.74) is 0.989. The Bertz CT molecular complexity index is 189. The molecule has 0 saturated carbocycles. The lowest BCUT2D eigenvalue weighted by molar-refractivity contribution is 0.250. The molecule has 1 rings (SSSR count). The fourth-order valence-electron chi connectivity index (χ4n) is 2.41. The highest BCUT2D eigenvalue weighted by Gasteiger charge is 2.30. The second-order valence-corrected chi connectivity index (χ2v) is 4.13. The molecular weight excluding hydrogens is 165 g/mol. The van der Waals surface area contributed by atoms with Crippen LogP contribution in [-0.4, -0.2) is 24.5 Å². The van der Waals surface area contributed by atoms with Crippen molar-refractivity contribution in [1.82, 2.24) is 4.90 Å². The molecule has 2 atom stereocenters. The minimum absolute atomic E-state index is 0.352. The average molecular weight is 185 g/mol. The zero-order chi connectivity index (χ0) is 9.84. The first-order chi connectivity index (χ1) is 6.20. The molecule has 0 N–H and O–H groups in total. The third-order valence-corrected chi connectivity index (χ3v) is 3.03. The van der Waals surface area contributed by atoms with Crippen LogP contribution in [0.3, 0.4) is 0 Å². The largest absolute Gasteiger partial charge is 0.299 e. The van der Waals surface area contributed by atoms with Crippen molar-refractivity contribution in [2.24, 2.45) is 5.92 Å². The molecule has 76 valence electrons. The minimum Gasteiger partial charge on any atom is -0.299 e. The molecule has 0 aromatic carbocycles. The summed E-state index contributed by atoms with van der Waals surface area (Å²) < 4.78 is 12.5. The van der Waals surface area contributed by atoms with E-state index in [-0.39, 0.29) is 0 Å². The second-order valence-electron chi connectivity index (χ2n) is 4.13. The van der Waals surface area contributed by atoms with Gasteiger partial charge >= 0.3 is 0 Å². The van der Waals surface area contributed by atoms with Crippen LogP contribution in [0, 0.1) is 5.92 Å². The van der Waals surface area contributed by atoms with Crippen LogP contribution in [0.1, 0.15) is 33.1 Å². The van der Waals surface area contributed by atoms with Crippen LogP contribution in [0.4, 0.5) is 4.39 Å². The number of likely N-dealkylation sites (tertiary alicyclic amines) is 1. The number of nitrogens with zero attached hydrogens (tertiary/aromatic N) is 1. The Hall–Kier alpha value is -0.370. The fourth-order valence-corrected chi connectivity index (χ4v) is 2.41. The molecule has 0 spiro atoms. The lowest BCUT2D eigenvalue weighted by atomic mass is 9.92. The summed E-state index contributed by atoms with van der Waals surface area (Å²) >= 11 is 0. The molecule has 0 bridgehead atoms. The van der Waals surface area contributed by atoms with E-state index in [1.807, 2.05) is 0 Å². The second kappa shape index (κ2) is 4.75. The van der Waals surface area contributed by atoms with E-state index in [1.54, 1.807) is 0 Å². The van der Waals surface area contributed by atoms with E-state index in [0.717, 1.165) is 24.9 Å². The molecular formula is C11H20FN. The maximum absolute atomic E-state index is 12.5. The molecule has 1 heterocycles. The van der Waals surface area contributed by atoms with Crippen LogP contribution in [0.5, 0.6) is 0 Å². The molecule has 0 amide bonds. The van der Waals surface area contributed by atoms with Gasteiger partial charge in [-0.1, -0.05) is 20.3 Å². The highest BCUT2D eigenvalue weighted by atomic mass is 19.1. The van der Waals surface area contributed by atoms with Crippen molar-refractivity contribution >= 4 is 0 Å². The standard InChI is InChI=1S/C11H20FN/c1-4-5-9(2)11-10(8-12)6-7-13(11)3/h8-9,11H,4-7H2,1-3H3/b10-8+. The Morgan fingerprint density at radius 1 is 1.69 bits per heavy atom. The van der Waals surface area contributed by atoms with Gasteiger partial charge in [-0.2, -0.15) is 0 Å². The fraction of sp³-hybridized carbons (Fsp3) is 0.818. The third-order valence-electron chi connectivity index (χ3n) is 3.03. The van der Waals surface area contributed by atoms with Crippen LogP contribution in [-0.2, 0) is 0 Å². The van der Waals surface area contributed by atoms with Crippen molar-refractivity contribution in [3.63, 3.8) is 0 Å². The molecule has 2 heteroatoms. The maximum Gasteiger partial charge on any atom is 0.0875 e. The van der Waals surface area contributed by atoms with E-state index in [4.69, 9.17) is 0 Å². The van der Waals surface area contributed by atoms with Crippen LogP contribution in [0.15, 0.2) is 11.9 Å². The van der Waals surface area contributed by atoms with Crippen molar-refractivity contribution in [1.29, 1.82) is 0 Å². The SMILES string of the molecule is CCCC(C)C1/C(=C/F)CCN1C. The van der Waals surface area contributed by atoms with E-state index in [0.29, 0.717) is 12.0 Å². The molecule has 1 nitrogen and oxygen atoms in total. The number of halogens is 1. The van der Waals surface area contributed by atoms with Gasteiger partial charge in [-0.25, -0.2) is 4.39 Å². The molecule has 1 fully saturated rings. The van der Waals surface area contributed by atoms with Gasteiger partial charge in [-0.3, -0.25) is 4.90 Å². The van der Waals surface area contributed by atoms with Crippen LogP contribution in [0.2, 0.25) is 0 Å². The zero-order valence-corrected chi connectivity index (χ0v) is 8.89. The van der Waals surface area contributed by atoms with Gasteiger partial charge in [0.1, 0.15) is 0 Å². The first-order valence-electron chi connectivity index (χ1n) is 5.20. The predicted molar refractivity (Wildman–Crippen MR) is 54.3 cm³/mol. The molecule has 1 saturated heterocycles. The van der Waals surface area contributed by atoms with Crippen molar-refractivity contribution < 1.29 is 4.39 Å². The van der Waals surface area contributed by atoms with Gasteiger partial charge in [0.15, 0.2) is 0 Å². The van der Waals surface area contributed by atoms with E-state index in [1.165, 1.54) is 12.8 Å². The van der Waals surface area contributed by atoms with Crippen LogP contribution < -0.4 is 0 Å². The third kappa shape index (κ3) is 2.31. The van der Waals surface area contributed by atoms with Gasteiger partial charge in [-0.05, 0) is 31.4 Å². The molecule has 0 radical (unpaired) electrons. The van der Waals surface area contributed by atoms with Crippen LogP contribution >= 0.6 is 0 Å². The van der Waals surface area contributed by atoms with Gasteiger partial charge < -0.3 is 0 Å². The summed E-state index contributed by atoms with van der Waals surface area (Å²) in [4.78, 5) is 2.27. The highest BCUT2D eigenvalue weighted by molar-refractivity contribution is 5.15. The van der Waals surface area contributed by atoms with Gasteiger partial charge in [0.25, 0.3) is 0 Å². The Morgan fingerprint density at radius 3 is 2.92 bits per heavy atom. The first-order valence-corrected chi connectivity index (χ1v) is 5.20. The number of rotatable bonds is 3. The minimum atomic E-state index is 0.352. The molecule has 2 unspecified atom stereocenters. The van der Waals surface area contributed by atoms with E-state index >= 15 is 0 Å². The van der Waals surface area contributed by atoms with Crippen molar-refractivity contribution in [3.05, 3.63) is 11.9 Å². The van der Waals surface area contributed by atoms with Gasteiger partial charge in [0.05, 0.1) is 6.33 Å². The van der Waals surface area contributed by atoms with Crippen molar-refractivity contribution in [2.75, 3.05) is 13.6 Å². The monoisotopic (exact) mass is 185 g/mol.